The third kappa shape index (κ3) is 3.06. The highest BCUT2D eigenvalue weighted by Gasteiger charge is 2.19. The molecule has 0 unspecified atom stereocenters. The maximum Gasteiger partial charge on any atom is 0.240 e. The van der Waals surface area contributed by atoms with Crippen molar-refractivity contribution in [2.45, 2.75) is 4.90 Å². The lowest BCUT2D eigenvalue weighted by molar-refractivity contribution is 0.416. The van der Waals surface area contributed by atoms with Crippen molar-refractivity contribution < 1.29 is 17.6 Å². The van der Waals surface area contributed by atoms with Crippen LogP contribution in [-0.4, -0.2) is 42.7 Å². The molecule has 0 aliphatic heterocycles. The Morgan fingerprint density at radius 1 is 1.21 bits per heavy atom. The van der Waals surface area contributed by atoms with E-state index in [4.69, 9.17) is 9.15 Å². The number of nitrogens with one attached hydrogen (secondary N) is 3. The van der Waals surface area contributed by atoms with Crippen molar-refractivity contribution in [1.29, 1.82) is 0 Å². The van der Waals surface area contributed by atoms with E-state index in [1.165, 1.54) is 32.6 Å². The zero-order valence-electron chi connectivity index (χ0n) is 14.9. The van der Waals surface area contributed by atoms with Crippen LogP contribution >= 0.6 is 0 Å². The second-order valence-corrected chi connectivity index (χ2v) is 7.61. The van der Waals surface area contributed by atoms with Crippen molar-refractivity contribution in [2.75, 3.05) is 19.5 Å². The molecule has 0 fully saturated rings. The first kappa shape index (κ1) is 17.9. The summed E-state index contributed by atoms with van der Waals surface area (Å²) in [4.78, 5) is 8.58. The van der Waals surface area contributed by atoms with Crippen LogP contribution in [-0.2, 0) is 10.0 Å². The lowest BCUT2D eigenvalue weighted by Crippen LogP contribution is -2.18. The fourth-order valence-corrected chi connectivity index (χ4v) is 3.52. The topological polar surface area (TPSA) is 135 Å². The van der Waals surface area contributed by atoms with Crippen LogP contribution in [0, 0.1) is 0 Å². The second kappa shape index (κ2) is 6.94. The molecule has 11 heteroatoms. The first-order valence-corrected chi connectivity index (χ1v) is 9.62. The molecule has 4 rings (SSSR count). The molecule has 10 nitrogen and oxygen atoms in total. The predicted octanol–water partition coefficient (Wildman–Crippen LogP) is 2.27. The number of ether oxygens (including phenoxy) is 1. The molecule has 4 aromatic rings. The van der Waals surface area contributed by atoms with E-state index in [0.29, 0.717) is 34.0 Å². The lowest BCUT2D eigenvalue weighted by Gasteiger charge is -2.13. The van der Waals surface area contributed by atoms with Crippen LogP contribution in [0.15, 0.2) is 52.4 Å². The number of benzene rings is 1. The fraction of sp³-hybridized carbons (Fsp3) is 0.118. The summed E-state index contributed by atoms with van der Waals surface area (Å²) in [5, 5.41) is 10.9. The van der Waals surface area contributed by atoms with Gasteiger partial charge in [-0.15, -0.1) is 0 Å². The van der Waals surface area contributed by atoms with Gasteiger partial charge in [0.2, 0.25) is 10.0 Å². The molecule has 0 amide bonds. The van der Waals surface area contributed by atoms with Gasteiger partial charge < -0.3 is 14.5 Å². The number of fused-ring (bicyclic) bond motifs is 1. The van der Waals surface area contributed by atoms with Crippen LogP contribution in [0.5, 0.6) is 5.75 Å². The zero-order valence-corrected chi connectivity index (χ0v) is 15.7. The van der Waals surface area contributed by atoms with Crippen molar-refractivity contribution in [2.24, 2.45) is 0 Å². The van der Waals surface area contributed by atoms with E-state index in [1.807, 2.05) is 0 Å². The first-order chi connectivity index (χ1) is 13.5. The quantitative estimate of drug-likeness (QED) is 0.449. The van der Waals surface area contributed by atoms with Gasteiger partial charge in [0.25, 0.3) is 0 Å². The first-order valence-electron chi connectivity index (χ1n) is 8.13. The van der Waals surface area contributed by atoms with Gasteiger partial charge in [-0.1, -0.05) is 0 Å². The summed E-state index contributed by atoms with van der Waals surface area (Å²) in [6.45, 7) is 0. The minimum atomic E-state index is -3.62. The Hall–Kier alpha value is -3.44. The van der Waals surface area contributed by atoms with Gasteiger partial charge in [0.05, 0.1) is 35.6 Å². The average molecular weight is 400 g/mol. The molecule has 0 aliphatic rings. The zero-order chi connectivity index (χ0) is 19.7. The number of sulfonamides is 1. The van der Waals surface area contributed by atoms with E-state index in [-0.39, 0.29) is 4.90 Å². The number of methoxy groups -OCH3 is 1. The maximum absolute atomic E-state index is 12.2. The molecular weight excluding hydrogens is 384 g/mol. The van der Waals surface area contributed by atoms with Crippen molar-refractivity contribution in [1.82, 2.24) is 24.9 Å². The van der Waals surface area contributed by atoms with E-state index < -0.39 is 10.0 Å². The Bertz CT molecular complexity index is 1230. The molecule has 0 saturated carbocycles. The average Bonchev–Trinajstić information content (AvgIpc) is 3.38. The molecule has 0 bridgehead atoms. The largest absolute Gasteiger partial charge is 0.495 e. The number of nitrogens with zero attached hydrogens (tertiary/aromatic N) is 3. The van der Waals surface area contributed by atoms with Crippen LogP contribution in [0.2, 0.25) is 0 Å². The second-order valence-electron chi connectivity index (χ2n) is 5.72. The van der Waals surface area contributed by atoms with Gasteiger partial charge in [0, 0.05) is 5.56 Å². The summed E-state index contributed by atoms with van der Waals surface area (Å²) in [6, 6.07) is 6.26. The molecule has 0 saturated heterocycles. The molecule has 144 valence electrons. The summed E-state index contributed by atoms with van der Waals surface area (Å²) < 4.78 is 37.1. The Labute approximate surface area is 160 Å². The van der Waals surface area contributed by atoms with E-state index in [2.05, 4.69) is 30.2 Å². The normalized spacial score (nSPS) is 11.6. The number of furan rings is 1. The highest BCUT2D eigenvalue weighted by Crippen LogP contribution is 2.35. The molecule has 3 N–H and O–H groups in total. The SMILES string of the molecule is CNS(=O)(=O)c1ccc(OC)c(Nc2ncnc3[nH]nc(-c4ccoc4)c23)c1. The number of anilines is 2. The lowest BCUT2D eigenvalue weighted by atomic mass is 10.2. The number of aromatic amines is 1. The molecular formula is C17H16N6O4S. The Balaban J connectivity index is 1.85. The van der Waals surface area contributed by atoms with E-state index in [1.54, 1.807) is 24.7 Å². The van der Waals surface area contributed by atoms with Gasteiger partial charge in [-0.25, -0.2) is 23.1 Å². The smallest absolute Gasteiger partial charge is 0.240 e. The number of hydrogen-bond acceptors (Lipinski definition) is 8. The van der Waals surface area contributed by atoms with Crippen LogP contribution < -0.4 is 14.8 Å². The molecule has 1 aromatic carbocycles. The molecule has 0 spiro atoms. The Kier molecular flexibility index (Phi) is 4.45. The summed E-state index contributed by atoms with van der Waals surface area (Å²) in [5.41, 5.74) is 2.30. The van der Waals surface area contributed by atoms with E-state index in [9.17, 15) is 8.42 Å². The van der Waals surface area contributed by atoms with Crippen LogP contribution in [0.25, 0.3) is 22.3 Å². The number of hydrogen-bond donors (Lipinski definition) is 3. The highest BCUT2D eigenvalue weighted by atomic mass is 32.2. The number of rotatable bonds is 6. The summed E-state index contributed by atoms with van der Waals surface area (Å²) in [6.07, 6.45) is 4.48. The summed E-state index contributed by atoms with van der Waals surface area (Å²) in [5.74, 6) is 0.891. The minimum Gasteiger partial charge on any atom is -0.495 e. The van der Waals surface area contributed by atoms with Crippen molar-refractivity contribution in [3.63, 3.8) is 0 Å². The maximum atomic E-state index is 12.2. The standard InChI is InChI=1S/C17H16N6O4S/c1-18-28(24,25)11-3-4-13(26-2)12(7-11)21-16-14-15(10-5-6-27-8-10)22-23-17(14)20-9-19-16/h3-9,18H,1-2H3,(H2,19,20,21,22,23). The number of H-pyrrole nitrogens is 1. The molecule has 0 radical (unpaired) electrons. The van der Waals surface area contributed by atoms with Crippen molar-refractivity contribution >= 4 is 32.6 Å². The van der Waals surface area contributed by atoms with Gasteiger partial charge >= 0.3 is 0 Å². The third-order valence-electron chi connectivity index (χ3n) is 4.16. The van der Waals surface area contributed by atoms with Gasteiger partial charge in [-0.3, -0.25) is 5.10 Å². The van der Waals surface area contributed by atoms with Gasteiger partial charge in [0.15, 0.2) is 5.65 Å². The van der Waals surface area contributed by atoms with Crippen LogP contribution in [0.3, 0.4) is 0 Å². The fourth-order valence-electron chi connectivity index (χ4n) is 2.76. The molecule has 0 aliphatic carbocycles. The van der Waals surface area contributed by atoms with Gasteiger partial charge in [0.1, 0.15) is 23.6 Å². The van der Waals surface area contributed by atoms with Crippen molar-refractivity contribution in [3.8, 4) is 17.0 Å². The van der Waals surface area contributed by atoms with E-state index >= 15 is 0 Å². The summed E-state index contributed by atoms with van der Waals surface area (Å²) >= 11 is 0. The minimum absolute atomic E-state index is 0.0888. The highest BCUT2D eigenvalue weighted by molar-refractivity contribution is 7.89. The molecule has 28 heavy (non-hydrogen) atoms. The monoisotopic (exact) mass is 400 g/mol. The van der Waals surface area contributed by atoms with Gasteiger partial charge in [-0.05, 0) is 31.3 Å². The number of aromatic nitrogens is 4. The predicted molar refractivity (Wildman–Crippen MR) is 102 cm³/mol. The molecule has 0 atom stereocenters. The van der Waals surface area contributed by atoms with Crippen LogP contribution in [0.1, 0.15) is 0 Å². The van der Waals surface area contributed by atoms with Crippen molar-refractivity contribution in [3.05, 3.63) is 43.1 Å². The molecule has 3 heterocycles. The van der Waals surface area contributed by atoms with Crippen LogP contribution in [0.4, 0.5) is 11.5 Å². The molecule has 3 aromatic heterocycles. The Morgan fingerprint density at radius 3 is 2.79 bits per heavy atom. The third-order valence-corrected chi connectivity index (χ3v) is 5.57. The van der Waals surface area contributed by atoms with E-state index in [0.717, 1.165) is 5.56 Å². The summed E-state index contributed by atoms with van der Waals surface area (Å²) in [7, 11) is -0.775. The van der Waals surface area contributed by atoms with Gasteiger partial charge in [-0.2, -0.15) is 5.10 Å². The Morgan fingerprint density at radius 2 is 2.07 bits per heavy atom.